The predicted molar refractivity (Wildman–Crippen MR) is 49.5 cm³/mol. The second-order valence-corrected chi connectivity index (χ2v) is 5.46. The molecule has 0 aliphatic heterocycles. The molecule has 0 saturated heterocycles. The molecule has 0 unspecified atom stereocenters. The van der Waals surface area contributed by atoms with Crippen molar-refractivity contribution in [3.05, 3.63) is 0 Å². The third-order valence-electron chi connectivity index (χ3n) is 3.03. The van der Waals surface area contributed by atoms with E-state index in [2.05, 4.69) is 26.5 Å². The van der Waals surface area contributed by atoms with Crippen LogP contribution in [-0.4, -0.2) is 17.8 Å². The molecule has 0 spiro atoms. The Kier molecular flexibility index (Phi) is 2.50. The lowest BCUT2D eigenvalue weighted by atomic mass is 9.63. The van der Waals surface area contributed by atoms with Crippen LogP contribution in [0, 0.1) is 10.8 Å². The fraction of sp³-hybridized carbons (Fsp3) is 1.00. The predicted octanol–water partition coefficient (Wildman–Crippen LogP) is 0.806. The highest BCUT2D eigenvalue weighted by Crippen LogP contribution is 2.45. The molecule has 1 aliphatic rings. The first-order valence-electron chi connectivity index (χ1n) is 4.84. The van der Waals surface area contributed by atoms with E-state index in [0.29, 0.717) is 5.41 Å². The van der Waals surface area contributed by atoms with Crippen LogP contribution < -0.4 is 5.73 Å². The minimum atomic E-state index is -0.111. The number of hydrogen-bond acceptors (Lipinski definition) is 1. The molecule has 0 aromatic carbocycles. The van der Waals surface area contributed by atoms with Crippen LogP contribution >= 0.6 is 0 Å². The average Bonchev–Trinajstić information content (AvgIpc) is 1.82. The normalized spacial score (nSPS) is 41.2. The van der Waals surface area contributed by atoms with Gasteiger partial charge in [-0.3, -0.25) is 0 Å². The zero-order valence-electron chi connectivity index (χ0n) is 8.56. The molecule has 12 heavy (non-hydrogen) atoms. The van der Waals surface area contributed by atoms with Crippen LogP contribution in [0.4, 0.5) is 0 Å². The minimum absolute atomic E-state index is 0.111. The van der Waals surface area contributed by atoms with Crippen molar-refractivity contribution < 1.29 is 10.8 Å². The van der Waals surface area contributed by atoms with Crippen LogP contribution in [0.3, 0.4) is 0 Å². The third-order valence-corrected chi connectivity index (χ3v) is 3.03. The van der Waals surface area contributed by atoms with E-state index in [-0.39, 0.29) is 11.5 Å². The quantitative estimate of drug-likeness (QED) is 0.604. The molecule has 72 valence electrons. The highest BCUT2D eigenvalue weighted by atomic mass is 16.3. The summed E-state index contributed by atoms with van der Waals surface area (Å²) in [6.45, 7) is 7.66. The molecular formula is C10H22NO+. The van der Waals surface area contributed by atoms with Crippen molar-refractivity contribution in [2.45, 2.75) is 46.1 Å². The van der Waals surface area contributed by atoms with Crippen LogP contribution in [0.5, 0.6) is 0 Å². The molecule has 0 radical (unpaired) electrons. The molecule has 1 rings (SSSR count). The first-order chi connectivity index (χ1) is 5.37. The van der Waals surface area contributed by atoms with Crippen LogP contribution in [0.25, 0.3) is 0 Å². The smallest absolute Gasteiger partial charge is 0.0795 e. The Bertz CT molecular complexity index is 167. The summed E-state index contributed by atoms with van der Waals surface area (Å²) in [6.07, 6.45) is 2.96. The molecule has 0 amide bonds. The monoisotopic (exact) mass is 172 g/mol. The molecule has 1 fully saturated rings. The lowest BCUT2D eigenvalue weighted by Crippen LogP contribution is -2.60. The Morgan fingerprint density at radius 3 is 2.33 bits per heavy atom. The lowest BCUT2D eigenvalue weighted by molar-refractivity contribution is -0.396. The number of aliphatic hydroxyl groups excluding tert-OH is 1. The van der Waals surface area contributed by atoms with Crippen LogP contribution in [0.15, 0.2) is 0 Å². The van der Waals surface area contributed by atoms with Gasteiger partial charge in [0.2, 0.25) is 0 Å². The van der Waals surface area contributed by atoms with Crippen molar-refractivity contribution in [3.63, 3.8) is 0 Å². The van der Waals surface area contributed by atoms with Gasteiger partial charge in [-0.1, -0.05) is 20.8 Å². The Balaban J connectivity index is 2.70. The zero-order valence-corrected chi connectivity index (χ0v) is 8.56. The Labute approximate surface area is 75.2 Å². The maximum Gasteiger partial charge on any atom is 0.0795 e. The topological polar surface area (TPSA) is 47.9 Å². The van der Waals surface area contributed by atoms with Gasteiger partial charge in [-0.05, 0) is 24.7 Å². The second-order valence-electron chi connectivity index (χ2n) is 5.46. The number of hydrogen-bond donors (Lipinski definition) is 2. The standard InChI is InChI=1S/C10H21NO/c1-9(2)4-8(12)5-10(3,6-9)7-11/h8,12H,4-7,11H2,1-3H3/p+1/t8-,10+/m1/s1. The molecule has 2 atom stereocenters. The van der Waals surface area contributed by atoms with Gasteiger partial charge in [-0.25, -0.2) is 0 Å². The SMILES string of the molecule is CC1(C)C[C@@H](O)C[C@](C)(C[NH3+])C1. The maximum atomic E-state index is 9.68. The summed E-state index contributed by atoms with van der Waals surface area (Å²) in [5.41, 5.74) is 4.53. The molecule has 2 heteroatoms. The lowest BCUT2D eigenvalue weighted by Gasteiger charge is -2.43. The fourth-order valence-corrected chi connectivity index (χ4v) is 2.77. The van der Waals surface area contributed by atoms with Gasteiger partial charge in [0.15, 0.2) is 0 Å². The van der Waals surface area contributed by atoms with Gasteiger partial charge < -0.3 is 10.8 Å². The van der Waals surface area contributed by atoms with Gasteiger partial charge in [0, 0.05) is 5.41 Å². The van der Waals surface area contributed by atoms with E-state index < -0.39 is 0 Å². The number of quaternary nitrogens is 1. The fourth-order valence-electron chi connectivity index (χ4n) is 2.77. The van der Waals surface area contributed by atoms with E-state index in [9.17, 15) is 5.11 Å². The maximum absolute atomic E-state index is 9.68. The van der Waals surface area contributed by atoms with Crippen LogP contribution in [0.1, 0.15) is 40.0 Å². The van der Waals surface area contributed by atoms with Crippen molar-refractivity contribution in [2.24, 2.45) is 10.8 Å². The van der Waals surface area contributed by atoms with Gasteiger partial charge in [0.05, 0.1) is 12.6 Å². The number of aliphatic hydroxyl groups is 1. The molecule has 0 bridgehead atoms. The second kappa shape index (κ2) is 3.00. The average molecular weight is 172 g/mol. The molecule has 0 heterocycles. The molecule has 0 aromatic rings. The van der Waals surface area contributed by atoms with Crippen molar-refractivity contribution in [1.29, 1.82) is 0 Å². The summed E-state index contributed by atoms with van der Waals surface area (Å²) in [5, 5.41) is 9.68. The van der Waals surface area contributed by atoms with E-state index >= 15 is 0 Å². The van der Waals surface area contributed by atoms with Crippen molar-refractivity contribution >= 4 is 0 Å². The highest BCUT2D eigenvalue weighted by Gasteiger charge is 2.40. The largest absolute Gasteiger partial charge is 0.393 e. The number of rotatable bonds is 1. The van der Waals surface area contributed by atoms with Crippen molar-refractivity contribution in [3.8, 4) is 0 Å². The zero-order chi connectivity index (χ0) is 9.41. The summed E-state index contributed by atoms with van der Waals surface area (Å²) >= 11 is 0. The van der Waals surface area contributed by atoms with Gasteiger partial charge >= 0.3 is 0 Å². The van der Waals surface area contributed by atoms with E-state index in [1.807, 2.05) is 0 Å². The van der Waals surface area contributed by atoms with Gasteiger partial charge in [0.1, 0.15) is 0 Å². The molecule has 1 aliphatic carbocycles. The molecule has 4 N–H and O–H groups in total. The van der Waals surface area contributed by atoms with E-state index in [0.717, 1.165) is 19.4 Å². The summed E-state index contributed by atoms with van der Waals surface area (Å²) in [7, 11) is 0. The summed E-state index contributed by atoms with van der Waals surface area (Å²) in [6, 6.07) is 0. The first-order valence-corrected chi connectivity index (χ1v) is 4.84. The summed E-state index contributed by atoms with van der Waals surface area (Å²) in [4.78, 5) is 0. The molecular weight excluding hydrogens is 150 g/mol. The molecule has 0 aromatic heterocycles. The highest BCUT2D eigenvalue weighted by molar-refractivity contribution is 4.90. The first kappa shape index (κ1) is 10.0. The van der Waals surface area contributed by atoms with Crippen LogP contribution in [-0.2, 0) is 0 Å². The van der Waals surface area contributed by atoms with Gasteiger partial charge in [-0.15, -0.1) is 0 Å². The molecule has 1 saturated carbocycles. The van der Waals surface area contributed by atoms with Gasteiger partial charge in [0.25, 0.3) is 0 Å². The minimum Gasteiger partial charge on any atom is -0.393 e. The van der Waals surface area contributed by atoms with Crippen LogP contribution in [0.2, 0.25) is 0 Å². The summed E-state index contributed by atoms with van der Waals surface area (Å²) in [5.74, 6) is 0. The summed E-state index contributed by atoms with van der Waals surface area (Å²) < 4.78 is 0. The van der Waals surface area contributed by atoms with E-state index in [4.69, 9.17) is 0 Å². The van der Waals surface area contributed by atoms with Gasteiger partial charge in [-0.2, -0.15) is 0 Å². The molecule has 2 nitrogen and oxygen atoms in total. The van der Waals surface area contributed by atoms with E-state index in [1.165, 1.54) is 6.42 Å². The Hall–Kier alpha value is -0.0800. The Morgan fingerprint density at radius 1 is 1.33 bits per heavy atom. The van der Waals surface area contributed by atoms with Crippen molar-refractivity contribution in [1.82, 2.24) is 0 Å². The van der Waals surface area contributed by atoms with Crippen molar-refractivity contribution in [2.75, 3.05) is 6.54 Å². The Morgan fingerprint density at radius 2 is 1.92 bits per heavy atom. The third kappa shape index (κ3) is 2.20. The van der Waals surface area contributed by atoms with E-state index in [1.54, 1.807) is 0 Å².